The molecule has 0 spiro atoms. The van der Waals surface area contributed by atoms with Gasteiger partial charge in [-0.25, -0.2) is 0 Å². The van der Waals surface area contributed by atoms with E-state index in [9.17, 15) is 0 Å². The van der Waals surface area contributed by atoms with E-state index in [0.717, 1.165) is 17.8 Å². The van der Waals surface area contributed by atoms with Crippen molar-refractivity contribution < 1.29 is 0 Å². The lowest BCUT2D eigenvalue weighted by Gasteiger charge is -2.37. The molecule has 2 aliphatic rings. The van der Waals surface area contributed by atoms with Crippen molar-refractivity contribution in [1.82, 2.24) is 0 Å². The van der Waals surface area contributed by atoms with Crippen molar-refractivity contribution in [2.24, 2.45) is 17.8 Å². The average molecular weight is 212 g/mol. The summed E-state index contributed by atoms with van der Waals surface area (Å²) in [5.41, 5.74) is 4.73. The molecule has 0 saturated heterocycles. The zero-order chi connectivity index (χ0) is 11.1. The summed E-state index contributed by atoms with van der Waals surface area (Å²) in [7, 11) is 0. The third-order valence-corrected chi connectivity index (χ3v) is 4.57. The second-order valence-corrected chi connectivity index (χ2v) is 5.71. The number of rotatable bonds is 0. The maximum Gasteiger partial charge on any atom is -0.0156 e. The Kier molecular flexibility index (Phi) is 2.38. The number of allylic oxidation sites excluding steroid dienone is 1. The van der Waals surface area contributed by atoms with Gasteiger partial charge in [0.2, 0.25) is 0 Å². The van der Waals surface area contributed by atoms with Gasteiger partial charge < -0.3 is 0 Å². The van der Waals surface area contributed by atoms with Crippen LogP contribution in [-0.2, 0) is 6.42 Å². The molecule has 1 saturated carbocycles. The third-order valence-electron chi connectivity index (χ3n) is 4.57. The highest BCUT2D eigenvalue weighted by molar-refractivity contribution is 5.60. The first-order valence-corrected chi connectivity index (χ1v) is 6.52. The summed E-state index contributed by atoms with van der Waals surface area (Å²) >= 11 is 0. The molecule has 0 heterocycles. The molecule has 0 nitrogen and oxygen atoms in total. The number of benzene rings is 1. The van der Waals surface area contributed by atoms with E-state index in [1.165, 1.54) is 24.8 Å². The molecule has 1 aromatic carbocycles. The van der Waals surface area contributed by atoms with Gasteiger partial charge in [-0.15, -0.1) is 0 Å². The zero-order valence-electron chi connectivity index (χ0n) is 10.2. The third kappa shape index (κ3) is 1.61. The van der Waals surface area contributed by atoms with Crippen molar-refractivity contribution in [3.05, 3.63) is 41.0 Å². The molecule has 0 aliphatic heterocycles. The van der Waals surface area contributed by atoms with E-state index >= 15 is 0 Å². The van der Waals surface area contributed by atoms with Gasteiger partial charge in [-0.05, 0) is 48.1 Å². The Balaban J connectivity index is 1.97. The molecule has 3 atom stereocenters. The van der Waals surface area contributed by atoms with Crippen LogP contribution in [-0.4, -0.2) is 0 Å². The van der Waals surface area contributed by atoms with Crippen LogP contribution in [0.25, 0.3) is 6.08 Å². The minimum Gasteiger partial charge on any atom is -0.0659 e. The monoisotopic (exact) mass is 212 g/mol. The van der Waals surface area contributed by atoms with Crippen LogP contribution in [0.3, 0.4) is 0 Å². The normalized spacial score (nSPS) is 32.6. The fraction of sp³-hybridized carbons (Fsp3) is 0.500. The van der Waals surface area contributed by atoms with Gasteiger partial charge in [-0.1, -0.05) is 49.8 Å². The average Bonchev–Trinajstić information content (AvgIpc) is 2.28. The Hall–Kier alpha value is -1.04. The molecular formula is C16H20. The first-order valence-electron chi connectivity index (χ1n) is 6.52. The quantitative estimate of drug-likeness (QED) is 0.601. The minimum absolute atomic E-state index is 0.834. The van der Waals surface area contributed by atoms with Crippen LogP contribution in [0.5, 0.6) is 0 Å². The van der Waals surface area contributed by atoms with Gasteiger partial charge >= 0.3 is 0 Å². The van der Waals surface area contributed by atoms with Crippen molar-refractivity contribution in [2.45, 2.75) is 33.1 Å². The molecule has 2 aliphatic carbocycles. The molecule has 3 unspecified atom stereocenters. The van der Waals surface area contributed by atoms with Crippen LogP contribution in [0.2, 0.25) is 0 Å². The molecule has 1 fully saturated rings. The molecule has 1 aromatic rings. The minimum atomic E-state index is 0.834. The molecule has 84 valence electrons. The highest BCUT2D eigenvalue weighted by Crippen LogP contribution is 2.42. The lowest BCUT2D eigenvalue weighted by molar-refractivity contribution is 0.265. The maximum atomic E-state index is 2.46. The van der Waals surface area contributed by atoms with E-state index in [1.54, 1.807) is 11.1 Å². The second kappa shape index (κ2) is 3.76. The molecular weight excluding hydrogens is 192 g/mol. The second-order valence-electron chi connectivity index (χ2n) is 5.71. The molecule has 16 heavy (non-hydrogen) atoms. The summed E-state index contributed by atoms with van der Waals surface area (Å²) in [5.74, 6) is 2.60. The number of hydrogen-bond donors (Lipinski definition) is 0. The topological polar surface area (TPSA) is 0 Å². The molecule has 0 aromatic heterocycles. The van der Waals surface area contributed by atoms with E-state index in [2.05, 4.69) is 44.2 Å². The highest BCUT2D eigenvalue weighted by atomic mass is 14.4. The van der Waals surface area contributed by atoms with Crippen molar-refractivity contribution in [3.8, 4) is 0 Å². The van der Waals surface area contributed by atoms with Crippen molar-refractivity contribution >= 4 is 6.08 Å². The van der Waals surface area contributed by atoms with E-state index in [0.29, 0.717) is 0 Å². The number of hydrogen-bond acceptors (Lipinski definition) is 0. The van der Waals surface area contributed by atoms with Crippen molar-refractivity contribution in [2.75, 3.05) is 0 Å². The Labute approximate surface area is 98.4 Å². The maximum absolute atomic E-state index is 2.46. The van der Waals surface area contributed by atoms with E-state index in [-0.39, 0.29) is 0 Å². The van der Waals surface area contributed by atoms with E-state index in [4.69, 9.17) is 0 Å². The van der Waals surface area contributed by atoms with E-state index in [1.807, 2.05) is 0 Å². The predicted molar refractivity (Wildman–Crippen MR) is 69.2 cm³/mol. The highest BCUT2D eigenvalue weighted by Gasteiger charge is 2.30. The van der Waals surface area contributed by atoms with Crippen LogP contribution in [0.15, 0.2) is 29.8 Å². The lowest BCUT2D eigenvalue weighted by Crippen LogP contribution is -2.26. The molecule has 0 N–H and O–H groups in total. The van der Waals surface area contributed by atoms with Gasteiger partial charge in [0.15, 0.2) is 0 Å². The first kappa shape index (κ1) is 10.1. The standard InChI is InChI=1S/C16H20/c1-11-7-15-9-13-5-3-4-6-14(13)10-16(15)8-12(11)2/h3-6,9,11-12,16H,7-8,10H2,1-2H3. The Morgan fingerprint density at radius 2 is 1.81 bits per heavy atom. The smallest absolute Gasteiger partial charge is 0.0156 e. The van der Waals surface area contributed by atoms with Crippen molar-refractivity contribution in [1.29, 1.82) is 0 Å². The van der Waals surface area contributed by atoms with Gasteiger partial charge in [0.05, 0.1) is 0 Å². The Bertz CT molecular complexity index is 427. The van der Waals surface area contributed by atoms with Crippen LogP contribution >= 0.6 is 0 Å². The first-order chi connectivity index (χ1) is 7.74. The van der Waals surface area contributed by atoms with Gasteiger partial charge in [0.1, 0.15) is 0 Å². The molecule has 0 bridgehead atoms. The fourth-order valence-corrected chi connectivity index (χ4v) is 3.29. The van der Waals surface area contributed by atoms with Crippen molar-refractivity contribution in [3.63, 3.8) is 0 Å². The summed E-state index contributed by atoms with van der Waals surface area (Å²) in [6.07, 6.45) is 6.45. The van der Waals surface area contributed by atoms with Gasteiger partial charge in [-0.2, -0.15) is 0 Å². The van der Waals surface area contributed by atoms with E-state index < -0.39 is 0 Å². The van der Waals surface area contributed by atoms with Crippen LogP contribution < -0.4 is 0 Å². The molecule has 0 radical (unpaired) electrons. The van der Waals surface area contributed by atoms with Gasteiger partial charge in [0, 0.05) is 0 Å². The summed E-state index contributed by atoms with van der Waals surface area (Å²) in [4.78, 5) is 0. The zero-order valence-corrected chi connectivity index (χ0v) is 10.2. The molecule has 0 heteroatoms. The largest absolute Gasteiger partial charge is 0.0659 e. The Morgan fingerprint density at radius 3 is 2.69 bits per heavy atom. The number of fused-ring (bicyclic) bond motifs is 2. The van der Waals surface area contributed by atoms with Crippen LogP contribution in [0.4, 0.5) is 0 Å². The van der Waals surface area contributed by atoms with Gasteiger partial charge in [0.25, 0.3) is 0 Å². The van der Waals surface area contributed by atoms with Crippen LogP contribution in [0.1, 0.15) is 37.8 Å². The summed E-state index contributed by atoms with van der Waals surface area (Å²) in [6.45, 7) is 4.82. The lowest BCUT2D eigenvalue weighted by atomic mass is 9.68. The summed E-state index contributed by atoms with van der Waals surface area (Å²) < 4.78 is 0. The molecule has 0 amide bonds. The summed E-state index contributed by atoms with van der Waals surface area (Å²) in [5, 5.41) is 0. The Morgan fingerprint density at radius 1 is 1.00 bits per heavy atom. The molecule has 3 rings (SSSR count). The summed E-state index contributed by atoms with van der Waals surface area (Å²) in [6, 6.07) is 8.89. The SMILES string of the molecule is CC1CC2=Cc3ccccc3CC2CC1C. The fourth-order valence-electron chi connectivity index (χ4n) is 3.29. The predicted octanol–water partition coefficient (Wildman–Crippen LogP) is 4.31. The van der Waals surface area contributed by atoms with Gasteiger partial charge in [-0.3, -0.25) is 0 Å². The van der Waals surface area contributed by atoms with Crippen LogP contribution in [0, 0.1) is 17.8 Å².